The van der Waals surface area contributed by atoms with E-state index in [2.05, 4.69) is 5.32 Å². The van der Waals surface area contributed by atoms with E-state index in [1.807, 2.05) is 0 Å². The number of amides is 2. The first-order chi connectivity index (χ1) is 7.16. The number of primary amides is 1. The van der Waals surface area contributed by atoms with E-state index >= 15 is 0 Å². The second kappa shape index (κ2) is 5.70. The molecule has 86 valence electrons. The second-order valence-corrected chi connectivity index (χ2v) is 3.85. The number of likely N-dealkylation sites (tertiary alicyclic amines) is 1. The first-order valence-corrected chi connectivity index (χ1v) is 5.40. The van der Waals surface area contributed by atoms with E-state index < -0.39 is 0 Å². The van der Waals surface area contributed by atoms with Crippen molar-refractivity contribution in [3.63, 3.8) is 0 Å². The number of nitrogens with two attached hydrogens (primary N) is 1. The van der Waals surface area contributed by atoms with E-state index in [9.17, 15) is 9.59 Å². The molecule has 1 saturated heterocycles. The zero-order valence-electron chi connectivity index (χ0n) is 9.16. The predicted octanol–water partition coefficient (Wildman–Crippen LogP) is -0.538. The molecule has 0 bridgehead atoms. The molecule has 1 atom stereocenters. The van der Waals surface area contributed by atoms with Crippen molar-refractivity contribution in [1.29, 1.82) is 0 Å². The van der Waals surface area contributed by atoms with Crippen LogP contribution in [-0.2, 0) is 9.59 Å². The molecule has 0 aromatic carbocycles. The van der Waals surface area contributed by atoms with Crippen LogP contribution in [0.3, 0.4) is 0 Å². The largest absolute Gasteiger partial charge is 0.368 e. The molecule has 1 aliphatic heterocycles. The van der Waals surface area contributed by atoms with Gasteiger partial charge in [0, 0.05) is 19.5 Å². The van der Waals surface area contributed by atoms with Crippen molar-refractivity contribution >= 4 is 11.8 Å². The van der Waals surface area contributed by atoms with E-state index in [-0.39, 0.29) is 17.9 Å². The normalized spacial score (nSPS) is 21.4. The van der Waals surface area contributed by atoms with Gasteiger partial charge in [0.2, 0.25) is 11.8 Å². The molecule has 3 N–H and O–H groups in total. The van der Waals surface area contributed by atoms with Crippen LogP contribution in [0.25, 0.3) is 0 Å². The fraction of sp³-hybridized carbons (Fsp3) is 0.800. The molecule has 0 radical (unpaired) electrons. The van der Waals surface area contributed by atoms with Crippen LogP contribution in [0, 0.1) is 0 Å². The minimum atomic E-state index is -0.386. The van der Waals surface area contributed by atoms with Crippen LogP contribution in [0.2, 0.25) is 0 Å². The van der Waals surface area contributed by atoms with Crippen molar-refractivity contribution in [3.05, 3.63) is 0 Å². The van der Waals surface area contributed by atoms with Gasteiger partial charge >= 0.3 is 0 Å². The first kappa shape index (κ1) is 12.0. The van der Waals surface area contributed by atoms with Crippen molar-refractivity contribution in [1.82, 2.24) is 10.2 Å². The lowest BCUT2D eigenvalue weighted by molar-refractivity contribution is -0.140. The lowest BCUT2D eigenvalue weighted by Crippen LogP contribution is -2.50. The summed E-state index contributed by atoms with van der Waals surface area (Å²) in [5.74, 6) is -0.361. The number of hydrogen-bond donors (Lipinski definition) is 2. The Kier molecular flexibility index (Phi) is 4.55. The van der Waals surface area contributed by atoms with Crippen molar-refractivity contribution in [2.45, 2.75) is 31.7 Å². The Balaban J connectivity index is 2.55. The fourth-order valence-electron chi connectivity index (χ4n) is 1.90. The zero-order chi connectivity index (χ0) is 11.3. The van der Waals surface area contributed by atoms with Gasteiger partial charge < -0.3 is 16.0 Å². The molecule has 0 aromatic rings. The van der Waals surface area contributed by atoms with Gasteiger partial charge in [-0.3, -0.25) is 9.59 Å². The fourth-order valence-corrected chi connectivity index (χ4v) is 1.90. The number of rotatable bonds is 4. The summed E-state index contributed by atoms with van der Waals surface area (Å²) in [4.78, 5) is 24.5. The molecule has 1 rings (SSSR count). The molecule has 1 fully saturated rings. The van der Waals surface area contributed by atoms with Crippen molar-refractivity contribution in [3.8, 4) is 0 Å². The summed E-state index contributed by atoms with van der Waals surface area (Å²) in [6, 6.07) is -0.386. The van der Waals surface area contributed by atoms with Gasteiger partial charge in [-0.25, -0.2) is 0 Å². The molecule has 1 unspecified atom stereocenters. The minimum Gasteiger partial charge on any atom is -0.368 e. The zero-order valence-corrected chi connectivity index (χ0v) is 9.16. The predicted molar refractivity (Wildman–Crippen MR) is 57.1 cm³/mol. The second-order valence-electron chi connectivity index (χ2n) is 3.85. The maximum atomic E-state index is 11.8. The summed E-state index contributed by atoms with van der Waals surface area (Å²) in [5, 5.41) is 2.92. The average molecular weight is 213 g/mol. The molecular weight excluding hydrogens is 194 g/mol. The van der Waals surface area contributed by atoms with Crippen LogP contribution in [-0.4, -0.2) is 42.9 Å². The van der Waals surface area contributed by atoms with E-state index in [0.717, 1.165) is 12.8 Å². The first-order valence-electron chi connectivity index (χ1n) is 5.40. The van der Waals surface area contributed by atoms with Crippen LogP contribution in [0.1, 0.15) is 25.7 Å². The van der Waals surface area contributed by atoms with Gasteiger partial charge in [0.25, 0.3) is 0 Å². The van der Waals surface area contributed by atoms with Crippen LogP contribution in [0.15, 0.2) is 0 Å². The van der Waals surface area contributed by atoms with Crippen molar-refractivity contribution in [2.75, 3.05) is 20.1 Å². The number of hydrogen-bond acceptors (Lipinski definition) is 3. The molecule has 5 nitrogen and oxygen atoms in total. The number of nitrogens with zero attached hydrogens (tertiary/aromatic N) is 1. The lowest BCUT2D eigenvalue weighted by Gasteiger charge is -2.33. The molecule has 1 heterocycles. The summed E-state index contributed by atoms with van der Waals surface area (Å²) in [6.45, 7) is 1.30. The average Bonchev–Trinajstić information content (AvgIpc) is 2.25. The number of piperidine rings is 1. The molecule has 0 aliphatic carbocycles. The Hall–Kier alpha value is -1.10. The third kappa shape index (κ3) is 3.20. The highest BCUT2D eigenvalue weighted by Crippen LogP contribution is 2.17. The third-order valence-electron chi connectivity index (χ3n) is 2.74. The van der Waals surface area contributed by atoms with E-state index in [0.29, 0.717) is 25.9 Å². The lowest BCUT2D eigenvalue weighted by atomic mass is 10.0. The van der Waals surface area contributed by atoms with Gasteiger partial charge in [0.1, 0.15) is 6.04 Å². The van der Waals surface area contributed by atoms with Gasteiger partial charge in [-0.05, 0) is 26.3 Å². The Morgan fingerprint density at radius 1 is 1.47 bits per heavy atom. The summed E-state index contributed by atoms with van der Waals surface area (Å²) in [6.07, 6.45) is 3.08. The quantitative estimate of drug-likeness (QED) is 0.658. The maximum Gasteiger partial charge on any atom is 0.240 e. The van der Waals surface area contributed by atoms with Gasteiger partial charge in [0.05, 0.1) is 0 Å². The molecule has 0 spiro atoms. The highest BCUT2D eigenvalue weighted by molar-refractivity contribution is 5.86. The Labute approximate surface area is 90.0 Å². The highest BCUT2D eigenvalue weighted by atomic mass is 16.2. The molecule has 2 amide bonds. The minimum absolute atomic E-state index is 0.0212. The monoisotopic (exact) mass is 213 g/mol. The SMILES string of the molecule is CNCCC(=O)N1CCCCC1C(N)=O. The summed E-state index contributed by atoms with van der Waals surface area (Å²) in [5.41, 5.74) is 5.28. The molecule has 0 saturated carbocycles. The Morgan fingerprint density at radius 3 is 2.80 bits per heavy atom. The summed E-state index contributed by atoms with van der Waals surface area (Å²) < 4.78 is 0. The van der Waals surface area contributed by atoms with E-state index in [4.69, 9.17) is 5.73 Å². The van der Waals surface area contributed by atoms with Crippen LogP contribution in [0.5, 0.6) is 0 Å². The number of carbonyl (C=O) groups excluding carboxylic acids is 2. The molecule has 5 heteroatoms. The molecule has 1 aliphatic rings. The van der Waals surface area contributed by atoms with Crippen LogP contribution < -0.4 is 11.1 Å². The Bertz CT molecular complexity index is 243. The third-order valence-corrected chi connectivity index (χ3v) is 2.74. The van der Waals surface area contributed by atoms with Gasteiger partial charge in [-0.15, -0.1) is 0 Å². The maximum absolute atomic E-state index is 11.8. The topological polar surface area (TPSA) is 75.4 Å². The number of nitrogens with one attached hydrogen (secondary N) is 1. The van der Waals surface area contributed by atoms with Gasteiger partial charge in [-0.2, -0.15) is 0 Å². The van der Waals surface area contributed by atoms with Gasteiger partial charge in [-0.1, -0.05) is 0 Å². The molecule has 15 heavy (non-hydrogen) atoms. The standard InChI is InChI=1S/C10H19N3O2/c1-12-6-5-9(14)13-7-3-2-4-8(13)10(11)15/h8,12H,2-7H2,1H3,(H2,11,15). The smallest absolute Gasteiger partial charge is 0.240 e. The summed E-state index contributed by atoms with van der Waals surface area (Å²) in [7, 11) is 1.80. The van der Waals surface area contributed by atoms with Gasteiger partial charge in [0.15, 0.2) is 0 Å². The van der Waals surface area contributed by atoms with Crippen LogP contribution >= 0.6 is 0 Å². The van der Waals surface area contributed by atoms with Crippen LogP contribution in [0.4, 0.5) is 0 Å². The van der Waals surface area contributed by atoms with E-state index in [1.54, 1.807) is 11.9 Å². The van der Waals surface area contributed by atoms with Crippen molar-refractivity contribution < 1.29 is 9.59 Å². The number of carbonyl (C=O) groups is 2. The molecule has 0 aromatic heterocycles. The van der Waals surface area contributed by atoms with Crippen molar-refractivity contribution in [2.24, 2.45) is 5.73 Å². The highest BCUT2D eigenvalue weighted by Gasteiger charge is 2.29. The summed E-state index contributed by atoms with van der Waals surface area (Å²) >= 11 is 0. The Morgan fingerprint density at radius 2 is 2.20 bits per heavy atom. The van der Waals surface area contributed by atoms with E-state index in [1.165, 1.54) is 0 Å². The molecular formula is C10H19N3O2.